The molecule has 6 aromatic rings. The van der Waals surface area contributed by atoms with E-state index in [1.165, 1.54) is 0 Å². The number of rotatable bonds is 5. The molecule has 0 unspecified atom stereocenters. The highest BCUT2D eigenvalue weighted by atomic mass is 35.5. The fourth-order valence-corrected chi connectivity index (χ4v) is 4.55. The summed E-state index contributed by atoms with van der Waals surface area (Å²) in [6.07, 6.45) is 1.71. The quantitative estimate of drug-likeness (QED) is 0.274. The van der Waals surface area contributed by atoms with Crippen LogP contribution >= 0.6 is 11.6 Å². The zero-order valence-corrected chi connectivity index (χ0v) is 20.0. The molecule has 5 nitrogen and oxygen atoms in total. The van der Waals surface area contributed by atoms with Crippen molar-refractivity contribution >= 4 is 22.8 Å². The molecule has 0 aliphatic carbocycles. The number of imidazole rings is 1. The SMILES string of the molecule is O=c1nc(-c2ccc(Cl)cc2)n(-c2ccc(-c3ccccc3)cc2)c2ncn(Cc3ccccc3)c12. The van der Waals surface area contributed by atoms with E-state index < -0.39 is 0 Å². The number of benzene rings is 4. The lowest BCUT2D eigenvalue weighted by atomic mass is 10.1. The molecule has 4 aromatic carbocycles. The highest BCUT2D eigenvalue weighted by Crippen LogP contribution is 2.28. The van der Waals surface area contributed by atoms with Crippen molar-refractivity contribution in [2.24, 2.45) is 0 Å². The molecule has 0 radical (unpaired) electrons. The maximum absolute atomic E-state index is 13.3. The highest BCUT2D eigenvalue weighted by molar-refractivity contribution is 6.30. The van der Waals surface area contributed by atoms with Gasteiger partial charge in [0.2, 0.25) is 0 Å². The number of nitrogens with zero attached hydrogens (tertiary/aromatic N) is 4. The minimum atomic E-state index is -0.319. The Bertz CT molecular complexity index is 1710. The van der Waals surface area contributed by atoms with Crippen LogP contribution in [0.3, 0.4) is 0 Å². The van der Waals surface area contributed by atoms with Crippen LogP contribution in [0.15, 0.2) is 120 Å². The van der Waals surface area contributed by atoms with E-state index in [9.17, 15) is 4.79 Å². The maximum atomic E-state index is 13.3. The lowest BCUT2D eigenvalue weighted by Crippen LogP contribution is -2.18. The Morgan fingerprint density at radius 2 is 1.31 bits per heavy atom. The fraction of sp³-hybridized carbons (Fsp3) is 0.0333. The third-order valence-corrected chi connectivity index (χ3v) is 6.43. The molecule has 2 aromatic heterocycles. The van der Waals surface area contributed by atoms with Gasteiger partial charge in [-0.05, 0) is 53.1 Å². The van der Waals surface area contributed by atoms with Crippen molar-refractivity contribution in [2.45, 2.75) is 6.54 Å². The standard InChI is InChI=1S/C30H21ClN4O/c31-25-15-11-24(12-16-25)28-33-30(36)27-29(32-20-34(27)19-21-7-3-1-4-8-21)35(28)26-17-13-23(14-18-26)22-9-5-2-6-10-22/h1-18,20H,19H2. The summed E-state index contributed by atoms with van der Waals surface area (Å²) in [4.78, 5) is 22.6. The minimum Gasteiger partial charge on any atom is -0.320 e. The van der Waals surface area contributed by atoms with E-state index >= 15 is 0 Å². The molecule has 0 saturated heterocycles. The largest absolute Gasteiger partial charge is 0.320 e. The summed E-state index contributed by atoms with van der Waals surface area (Å²) < 4.78 is 3.80. The van der Waals surface area contributed by atoms with E-state index in [0.29, 0.717) is 28.6 Å². The molecule has 0 amide bonds. The molecule has 174 valence electrons. The van der Waals surface area contributed by atoms with Crippen molar-refractivity contribution in [3.05, 3.63) is 136 Å². The molecule has 0 spiro atoms. The van der Waals surface area contributed by atoms with Gasteiger partial charge in [-0.15, -0.1) is 0 Å². The van der Waals surface area contributed by atoms with E-state index in [1.807, 2.05) is 81.9 Å². The van der Waals surface area contributed by atoms with Crippen LogP contribution in [0.5, 0.6) is 0 Å². The minimum absolute atomic E-state index is 0.319. The van der Waals surface area contributed by atoms with Gasteiger partial charge in [-0.3, -0.25) is 9.36 Å². The van der Waals surface area contributed by atoms with E-state index in [-0.39, 0.29) is 5.56 Å². The fourth-order valence-electron chi connectivity index (χ4n) is 4.42. The number of aromatic nitrogens is 4. The number of halogens is 1. The van der Waals surface area contributed by atoms with Crippen molar-refractivity contribution in [1.82, 2.24) is 19.1 Å². The van der Waals surface area contributed by atoms with E-state index in [2.05, 4.69) is 29.2 Å². The Labute approximate surface area is 212 Å². The number of hydrogen-bond acceptors (Lipinski definition) is 3. The molecule has 2 heterocycles. The molecule has 6 rings (SSSR count). The van der Waals surface area contributed by atoms with Crippen molar-refractivity contribution in [1.29, 1.82) is 0 Å². The molecule has 0 N–H and O–H groups in total. The van der Waals surface area contributed by atoms with Crippen molar-refractivity contribution < 1.29 is 0 Å². The van der Waals surface area contributed by atoms with Crippen LogP contribution in [0, 0.1) is 0 Å². The first-order valence-electron chi connectivity index (χ1n) is 11.6. The highest BCUT2D eigenvalue weighted by Gasteiger charge is 2.19. The van der Waals surface area contributed by atoms with Gasteiger partial charge in [-0.2, -0.15) is 4.98 Å². The van der Waals surface area contributed by atoms with Crippen LogP contribution in [-0.2, 0) is 6.54 Å². The normalized spacial score (nSPS) is 11.1. The van der Waals surface area contributed by atoms with Crippen molar-refractivity contribution in [2.75, 3.05) is 0 Å². The second-order valence-electron chi connectivity index (χ2n) is 8.53. The van der Waals surface area contributed by atoms with Gasteiger partial charge in [-0.25, -0.2) is 4.98 Å². The van der Waals surface area contributed by atoms with Crippen LogP contribution in [0.4, 0.5) is 0 Å². The summed E-state index contributed by atoms with van der Waals surface area (Å²) in [5.41, 5.74) is 5.67. The molecule has 0 fully saturated rings. The first-order chi connectivity index (χ1) is 17.7. The van der Waals surface area contributed by atoms with Gasteiger partial charge in [0.25, 0.3) is 5.56 Å². The average molecular weight is 489 g/mol. The Balaban J connectivity index is 1.55. The summed E-state index contributed by atoms with van der Waals surface area (Å²) in [5, 5.41) is 0.619. The van der Waals surface area contributed by atoms with Gasteiger partial charge < -0.3 is 4.57 Å². The lowest BCUT2D eigenvalue weighted by molar-refractivity contribution is 0.819. The lowest BCUT2D eigenvalue weighted by Gasteiger charge is -2.15. The van der Waals surface area contributed by atoms with E-state index in [4.69, 9.17) is 16.6 Å². The van der Waals surface area contributed by atoms with Crippen LogP contribution in [0.25, 0.3) is 39.4 Å². The van der Waals surface area contributed by atoms with Crippen molar-refractivity contribution in [3.63, 3.8) is 0 Å². The second-order valence-corrected chi connectivity index (χ2v) is 8.96. The zero-order chi connectivity index (χ0) is 24.5. The molecule has 0 bridgehead atoms. The number of fused-ring (bicyclic) bond motifs is 1. The molecule has 36 heavy (non-hydrogen) atoms. The Kier molecular flexibility index (Phi) is 5.68. The van der Waals surface area contributed by atoms with Gasteiger partial charge in [0.1, 0.15) is 5.82 Å². The maximum Gasteiger partial charge on any atom is 0.299 e. The van der Waals surface area contributed by atoms with Gasteiger partial charge >= 0.3 is 0 Å². The van der Waals surface area contributed by atoms with E-state index in [1.54, 1.807) is 18.5 Å². The van der Waals surface area contributed by atoms with Gasteiger partial charge in [0.05, 0.1) is 6.33 Å². The molecule has 0 saturated carbocycles. The third kappa shape index (κ3) is 4.10. The predicted molar refractivity (Wildman–Crippen MR) is 145 cm³/mol. The van der Waals surface area contributed by atoms with Crippen LogP contribution < -0.4 is 5.56 Å². The van der Waals surface area contributed by atoms with Gasteiger partial charge in [0, 0.05) is 22.8 Å². The second kappa shape index (κ2) is 9.29. The Morgan fingerprint density at radius 1 is 0.694 bits per heavy atom. The summed E-state index contributed by atoms with van der Waals surface area (Å²) >= 11 is 6.13. The first-order valence-corrected chi connectivity index (χ1v) is 12.0. The molecular formula is C30H21ClN4O. The summed E-state index contributed by atoms with van der Waals surface area (Å²) in [5.74, 6) is 0.515. The smallest absolute Gasteiger partial charge is 0.299 e. The summed E-state index contributed by atoms with van der Waals surface area (Å²) in [6, 6.07) is 35.7. The Hall–Kier alpha value is -4.48. The summed E-state index contributed by atoms with van der Waals surface area (Å²) in [6.45, 7) is 0.529. The van der Waals surface area contributed by atoms with Crippen LogP contribution in [0.2, 0.25) is 5.02 Å². The number of hydrogen-bond donors (Lipinski definition) is 0. The third-order valence-electron chi connectivity index (χ3n) is 6.18. The molecule has 6 heteroatoms. The monoisotopic (exact) mass is 488 g/mol. The topological polar surface area (TPSA) is 52.7 Å². The van der Waals surface area contributed by atoms with Crippen molar-refractivity contribution in [3.8, 4) is 28.2 Å². The molecular weight excluding hydrogens is 468 g/mol. The van der Waals surface area contributed by atoms with Gasteiger partial charge in [-0.1, -0.05) is 84.4 Å². The average Bonchev–Trinajstić information content (AvgIpc) is 3.34. The first kappa shape index (κ1) is 22.0. The molecule has 0 atom stereocenters. The molecule has 0 aliphatic rings. The summed E-state index contributed by atoms with van der Waals surface area (Å²) in [7, 11) is 0. The predicted octanol–water partition coefficient (Wildman–Crippen LogP) is 6.62. The van der Waals surface area contributed by atoms with E-state index in [0.717, 1.165) is 27.9 Å². The zero-order valence-electron chi connectivity index (χ0n) is 19.3. The van der Waals surface area contributed by atoms with Gasteiger partial charge in [0.15, 0.2) is 11.2 Å². The molecule has 0 aliphatic heterocycles. The Morgan fingerprint density at radius 3 is 2.00 bits per heavy atom. The van der Waals surface area contributed by atoms with Crippen LogP contribution in [0.1, 0.15) is 5.56 Å². The van der Waals surface area contributed by atoms with Crippen LogP contribution in [-0.4, -0.2) is 19.1 Å².